The van der Waals surface area contributed by atoms with E-state index in [0.717, 1.165) is 38.5 Å². The first-order valence-electron chi connectivity index (χ1n) is 10.8. The number of nitrogens with one attached hydrogen (secondary N) is 1. The number of hydrogen-bond donors (Lipinski definition) is 4. The highest BCUT2D eigenvalue weighted by Crippen LogP contribution is 2.46. The summed E-state index contributed by atoms with van der Waals surface area (Å²) in [6.07, 6.45) is 14.5. The molecule has 0 amide bonds. The Bertz CT molecular complexity index is 645. The van der Waals surface area contributed by atoms with Gasteiger partial charge in [-0.15, -0.1) is 0 Å². The molecule has 1 spiro atoms. The lowest BCUT2D eigenvalue weighted by molar-refractivity contribution is -0.132. The fourth-order valence-electron chi connectivity index (χ4n) is 5.01. The predicted octanol–water partition coefficient (Wildman–Crippen LogP) is 4.15. The number of carbonyl (C=O) groups is 1. The van der Waals surface area contributed by atoms with Gasteiger partial charge in [-0.2, -0.15) is 0 Å². The average Bonchev–Trinajstić information content (AvgIpc) is 3.06. The zero-order chi connectivity index (χ0) is 21.4. The number of piperidine rings is 1. The molecule has 0 bridgehead atoms. The van der Waals surface area contributed by atoms with Crippen LogP contribution < -0.4 is 5.32 Å². The van der Waals surface area contributed by atoms with E-state index in [-0.39, 0.29) is 12.1 Å². The van der Waals surface area contributed by atoms with Gasteiger partial charge >= 0.3 is 5.97 Å². The van der Waals surface area contributed by atoms with Crippen molar-refractivity contribution in [2.24, 2.45) is 11.8 Å². The molecule has 5 atom stereocenters. The summed E-state index contributed by atoms with van der Waals surface area (Å²) in [7, 11) is 0. The van der Waals surface area contributed by atoms with Gasteiger partial charge in [-0.3, -0.25) is 0 Å². The van der Waals surface area contributed by atoms with Gasteiger partial charge in [0.15, 0.2) is 0 Å². The third-order valence-corrected chi connectivity index (χ3v) is 6.82. The molecule has 0 unspecified atom stereocenters. The van der Waals surface area contributed by atoms with Crippen molar-refractivity contribution in [2.75, 3.05) is 6.61 Å². The number of halogens is 1. The molecule has 1 aliphatic carbocycles. The predicted molar refractivity (Wildman–Crippen MR) is 117 cm³/mol. The van der Waals surface area contributed by atoms with Gasteiger partial charge in [0.25, 0.3) is 0 Å². The van der Waals surface area contributed by atoms with Crippen LogP contribution in [-0.2, 0) is 4.79 Å². The van der Waals surface area contributed by atoms with Crippen LogP contribution in [-0.4, -0.2) is 45.6 Å². The SMILES string of the molecule is C/C(=C\C[C@@H]1CCC[C@@]2(CCC[C@@H]2[C@@H](C)/C=C/[C@H](O)/C=C(\Cl)CCO)N1)C(=O)O. The second-order valence-corrected chi connectivity index (χ2v) is 9.12. The first kappa shape index (κ1) is 24.1. The zero-order valence-electron chi connectivity index (χ0n) is 17.6. The van der Waals surface area contributed by atoms with E-state index in [2.05, 4.69) is 18.3 Å². The van der Waals surface area contributed by atoms with Gasteiger partial charge in [-0.1, -0.05) is 49.6 Å². The van der Waals surface area contributed by atoms with Crippen LogP contribution in [0.1, 0.15) is 65.2 Å². The second kappa shape index (κ2) is 11.3. The Morgan fingerprint density at radius 2 is 1.97 bits per heavy atom. The maximum atomic E-state index is 11.1. The Morgan fingerprint density at radius 3 is 2.62 bits per heavy atom. The van der Waals surface area contributed by atoms with Crippen LogP contribution in [0.5, 0.6) is 0 Å². The van der Waals surface area contributed by atoms with Gasteiger partial charge in [-0.05, 0) is 56.9 Å². The number of aliphatic hydroxyl groups excluding tert-OH is 2. The van der Waals surface area contributed by atoms with Crippen molar-refractivity contribution in [1.82, 2.24) is 5.32 Å². The van der Waals surface area contributed by atoms with Crippen molar-refractivity contribution < 1.29 is 20.1 Å². The molecule has 4 N–H and O–H groups in total. The maximum absolute atomic E-state index is 11.1. The lowest BCUT2D eigenvalue weighted by Gasteiger charge is -2.45. The number of rotatable bonds is 9. The Balaban J connectivity index is 2.01. The summed E-state index contributed by atoms with van der Waals surface area (Å²) in [4.78, 5) is 11.1. The summed E-state index contributed by atoms with van der Waals surface area (Å²) in [5, 5.41) is 32.5. The molecule has 2 rings (SSSR count). The Hall–Kier alpha value is -1.14. The molecule has 2 fully saturated rings. The summed E-state index contributed by atoms with van der Waals surface area (Å²) < 4.78 is 0. The number of aliphatic carboxylic acids is 1. The molecule has 6 heteroatoms. The highest BCUT2D eigenvalue weighted by molar-refractivity contribution is 6.29. The van der Waals surface area contributed by atoms with Crippen molar-refractivity contribution in [2.45, 2.75) is 82.9 Å². The summed E-state index contributed by atoms with van der Waals surface area (Å²) in [5.41, 5.74) is 0.514. The number of hydrogen-bond acceptors (Lipinski definition) is 4. The van der Waals surface area contributed by atoms with Crippen LogP contribution in [0, 0.1) is 11.8 Å². The number of carboxylic acid groups (broad SMARTS) is 1. The molecule has 1 heterocycles. The van der Waals surface area contributed by atoms with Crippen LogP contribution in [0.15, 0.2) is 34.9 Å². The van der Waals surface area contributed by atoms with Crippen LogP contribution in [0.4, 0.5) is 0 Å². The van der Waals surface area contributed by atoms with E-state index in [1.807, 2.05) is 6.08 Å². The molecule has 0 aromatic carbocycles. The van der Waals surface area contributed by atoms with E-state index >= 15 is 0 Å². The molecular weight excluding hydrogens is 390 g/mol. The van der Waals surface area contributed by atoms with Crippen LogP contribution >= 0.6 is 11.6 Å². The molecule has 0 aromatic rings. The van der Waals surface area contributed by atoms with Crippen molar-refractivity contribution >= 4 is 17.6 Å². The third kappa shape index (κ3) is 6.95. The molecular formula is C23H36ClNO4. The quantitative estimate of drug-likeness (QED) is 0.329. The van der Waals surface area contributed by atoms with Crippen LogP contribution in [0.3, 0.4) is 0 Å². The molecule has 1 aliphatic heterocycles. The molecule has 1 saturated heterocycles. The largest absolute Gasteiger partial charge is 0.478 e. The standard InChI is InChI=1S/C23H36ClNO4/c1-16(8-10-20(27)15-18(24)11-14-26)21-6-4-13-23(21)12-3-5-19(25-23)9-7-17(2)22(28)29/h7-8,10,15-16,19-21,25-27H,3-6,9,11-14H2,1-2H3,(H,28,29)/b10-8+,17-7+,18-15-/t16-,19-,20-,21+,23-/m0/s1. The molecule has 1 saturated carbocycles. The van der Waals surface area contributed by atoms with Gasteiger partial charge in [0.2, 0.25) is 0 Å². The normalized spacial score (nSPS) is 30.8. The average molecular weight is 426 g/mol. The summed E-state index contributed by atoms with van der Waals surface area (Å²) in [6, 6.07) is 0.320. The maximum Gasteiger partial charge on any atom is 0.330 e. The Morgan fingerprint density at radius 1 is 1.28 bits per heavy atom. The zero-order valence-corrected chi connectivity index (χ0v) is 18.4. The van der Waals surface area contributed by atoms with Crippen LogP contribution in [0.2, 0.25) is 0 Å². The van der Waals surface area contributed by atoms with Crippen LogP contribution in [0.25, 0.3) is 0 Å². The van der Waals surface area contributed by atoms with Gasteiger partial charge in [0.1, 0.15) is 0 Å². The molecule has 164 valence electrons. The lowest BCUT2D eigenvalue weighted by atomic mass is 9.72. The highest BCUT2D eigenvalue weighted by atomic mass is 35.5. The number of aliphatic hydroxyl groups is 2. The molecule has 0 aromatic heterocycles. The first-order chi connectivity index (χ1) is 13.8. The van der Waals surface area contributed by atoms with Crippen molar-refractivity contribution in [3.8, 4) is 0 Å². The van der Waals surface area contributed by atoms with E-state index in [0.29, 0.717) is 34.9 Å². The molecule has 0 radical (unpaired) electrons. The van der Waals surface area contributed by atoms with Crippen molar-refractivity contribution in [3.05, 3.63) is 34.9 Å². The van der Waals surface area contributed by atoms with E-state index in [9.17, 15) is 9.90 Å². The minimum atomic E-state index is -0.847. The monoisotopic (exact) mass is 425 g/mol. The smallest absolute Gasteiger partial charge is 0.330 e. The summed E-state index contributed by atoms with van der Waals surface area (Å²) in [6.45, 7) is 3.83. The van der Waals surface area contributed by atoms with E-state index < -0.39 is 12.1 Å². The number of allylic oxidation sites excluding steroid dienone is 1. The third-order valence-electron chi connectivity index (χ3n) is 6.51. The van der Waals surface area contributed by atoms with Gasteiger partial charge in [0, 0.05) is 35.2 Å². The van der Waals surface area contributed by atoms with Gasteiger partial charge in [0.05, 0.1) is 6.10 Å². The van der Waals surface area contributed by atoms with Gasteiger partial charge < -0.3 is 20.6 Å². The summed E-state index contributed by atoms with van der Waals surface area (Å²) >= 11 is 5.98. The summed E-state index contributed by atoms with van der Waals surface area (Å²) in [5.74, 6) is -0.0327. The Labute approximate surface area is 179 Å². The Kier molecular flexibility index (Phi) is 9.41. The lowest BCUT2D eigenvalue weighted by Crippen LogP contribution is -2.56. The minimum absolute atomic E-state index is 0.0270. The molecule has 5 nitrogen and oxygen atoms in total. The van der Waals surface area contributed by atoms with E-state index in [1.54, 1.807) is 19.1 Å². The topological polar surface area (TPSA) is 89.8 Å². The van der Waals surface area contributed by atoms with Crippen molar-refractivity contribution in [1.29, 1.82) is 0 Å². The minimum Gasteiger partial charge on any atom is -0.478 e. The fourth-order valence-corrected chi connectivity index (χ4v) is 5.22. The van der Waals surface area contributed by atoms with Gasteiger partial charge in [-0.25, -0.2) is 4.79 Å². The molecule has 29 heavy (non-hydrogen) atoms. The van der Waals surface area contributed by atoms with Crippen molar-refractivity contribution in [3.63, 3.8) is 0 Å². The second-order valence-electron chi connectivity index (χ2n) is 8.64. The highest BCUT2D eigenvalue weighted by Gasteiger charge is 2.46. The molecule has 2 aliphatic rings. The fraction of sp³-hybridized carbons (Fsp3) is 0.696. The van der Waals surface area contributed by atoms with E-state index in [4.69, 9.17) is 21.8 Å². The first-order valence-corrected chi connectivity index (χ1v) is 11.2. The van der Waals surface area contributed by atoms with E-state index in [1.165, 1.54) is 6.42 Å². The number of carboxylic acids is 1.